The topological polar surface area (TPSA) is 29.5 Å². The number of carbonyl (C=O) groups is 1. The zero-order chi connectivity index (χ0) is 12.1. The summed E-state index contributed by atoms with van der Waals surface area (Å²) in [6.45, 7) is 5.42. The highest BCUT2D eigenvalue weighted by atomic mass is 16.5. The smallest absolute Gasteiger partial charge is 0.122 e. The lowest BCUT2D eigenvalue weighted by Gasteiger charge is -2.42. The molecule has 0 N–H and O–H groups in total. The van der Waals surface area contributed by atoms with Gasteiger partial charge in [-0.2, -0.15) is 0 Å². The fourth-order valence-corrected chi connectivity index (χ4v) is 2.45. The molecule has 0 spiro atoms. The Labute approximate surface area is 102 Å². The van der Waals surface area contributed by atoms with Crippen molar-refractivity contribution in [1.29, 1.82) is 0 Å². The molecular weight excluding hydrogens is 214 g/mol. The molecule has 1 aliphatic rings. The number of nitrogens with zero attached hydrogens (tertiary/aromatic N) is 1. The summed E-state index contributed by atoms with van der Waals surface area (Å²) in [7, 11) is 0. The minimum atomic E-state index is -0.202. The lowest BCUT2D eigenvalue weighted by molar-refractivity contribution is -0.111. The molecule has 1 aliphatic heterocycles. The molecule has 1 atom stereocenters. The summed E-state index contributed by atoms with van der Waals surface area (Å²) in [6.07, 6.45) is 1.54. The van der Waals surface area contributed by atoms with E-state index >= 15 is 0 Å². The summed E-state index contributed by atoms with van der Waals surface area (Å²) in [5, 5.41) is 0. The van der Waals surface area contributed by atoms with Gasteiger partial charge in [0.2, 0.25) is 0 Å². The standard InChI is InChI=1S/C14H19NO2/c1-14(7-10-16,13-5-3-2-4-6-13)15-8-11-17-12-9-15/h2-6,10H,7-9,11-12H2,1H3. The van der Waals surface area contributed by atoms with Gasteiger partial charge in [0.05, 0.1) is 13.2 Å². The lowest BCUT2D eigenvalue weighted by atomic mass is 9.87. The van der Waals surface area contributed by atoms with E-state index in [1.54, 1.807) is 0 Å². The van der Waals surface area contributed by atoms with Gasteiger partial charge in [0, 0.05) is 25.0 Å². The molecule has 3 nitrogen and oxygen atoms in total. The minimum absolute atomic E-state index is 0.202. The second-order valence-corrected chi connectivity index (χ2v) is 4.61. The fourth-order valence-electron chi connectivity index (χ4n) is 2.45. The molecule has 3 heteroatoms. The largest absolute Gasteiger partial charge is 0.379 e. The van der Waals surface area contributed by atoms with Crippen molar-refractivity contribution in [2.24, 2.45) is 0 Å². The predicted octanol–water partition coefficient (Wildman–Crippen LogP) is 1.82. The van der Waals surface area contributed by atoms with Crippen LogP contribution in [0.3, 0.4) is 0 Å². The van der Waals surface area contributed by atoms with Crippen LogP contribution in [0, 0.1) is 0 Å². The first-order chi connectivity index (χ1) is 8.27. The van der Waals surface area contributed by atoms with Crippen LogP contribution in [-0.2, 0) is 15.1 Å². The Morgan fingerprint density at radius 2 is 1.94 bits per heavy atom. The van der Waals surface area contributed by atoms with Crippen LogP contribution in [0.5, 0.6) is 0 Å². The maximum atomic E-state index is 11.0. The normalized spacial score (nSPS) is 20.8. The van der Waals surface area contributed by atoms with E-state index in [9.17, 15) is 4.79 Å². The Bertz CT molecular complexity index is 360. The monoisotopic (exact) mass is 233 g/mol. The average molecular weight is 233 g/mol. The van der Waals surface area contributed by atoms with E-state index in [-0.39, 0.29) is 5.54 Å². The van der Waals surface area contributed by atoms with Crippen LogP contribution < -0.4 is 0 Å². The molecule has 92 valence electrons. The third kappa shape index (κ3) is 2.56. The molecule has 2 rings (SSSR count). The number of hydrogen-bond donors (Lipinski definition) is 0. The molecule has 0 bridgehead atoms. The van der Waals surface area contributed by atoms with Crippen molar-refractivity contribution in [3.05, 3.63) is 35.9 Å². The van der Waals surface area contributed by atoms with Gasteiger partial charge in [0.1, 0.15) is 6.29 Å². The molecular formula is C14H19NO2. The zero-order valence-electron chi connectivity index (χ0n) is 10.3. The first kappa shape index (κ1) is 12.3. The van der Waals surface area contributed by atoms with Crippen molar-refractivity contribution in [2.75, 3.05) is 26.3 Å². The third-order valence-corrected chi connectivity index (χ3v) is 3.59. The molecule has 17 heavy (non-hydrogen) atoms. The van der Waals surface area contributed by atoms with Crippen LogP contribution in [0.15, 0.2) is 30.3 Å². The van der Waals surface area contributed by atoms with E-state index in [1.807, 2.05) is 18.2 Å². The molecule has 0 radical (unpaired) electrons. The summed E-state index contributed by atoms with van der Waals surface area (Å²) in [5.41, 5.74) is 1.00. The highest BCUT2D eigenvalue weighted by Gasteiger charge is 2.34. The van der Waals surface area contributed by atoms with Crippen LogP contribution in [0.25, 0.3) is 0 Å². The van der Waals surface area contributed by atoms with E-state index in [4.69, 9.17) is 4.74 Å². The SMILES string of the molecule is CC(CC=O)(c1ccccc1)N1CCOCC1. The number of benzene rings is 1. The number of ether oxygens (including phenoxy) is 1. The van der Waals surface area contributed by atoms with Crippen LogP contribution >= 0.6 is 0 Å². The number of carbonyl (C=O) groups excluding carboxylic acids is 1. The summed E-state index contributed by atoms with van der Waals surface area (Å²) < 4.78 is 5.38. The Morgan fingerprint density at radius 3 is 2.53 bits per heavy atom. The molecule has 0 amide bonds. The van der Waals surface area contributed by atoms with Gasteiger partial charge in [0.25, 0.3) is 0 Å². The predicted molar refractivity (Wildman–Crippen MR) is 66.9 cm³/mol. The number of morpholine rings is 1. The molecule has 1 saturated heterocycles. The lowest BCUT2D eigenvalue weighted by Crippen LogP contribution is -2.49. The van der Waals surface area contributed by atoms with Gasteiger partial charge in [-0.3, -0.25) is 4.90 Å². The van der Waals surface area contributed by atoms with Crippen molar-refractivity contribution in [3.8, 4) is 0 Å². The Kier molecular flexibility index (Phi) is 3.92. The van der Waals surface area contributed by atoms with Crippen molar-refractivity contribution in [2.45, 2.75) is 18.9 Å². The zero-order valence-corrected chi connectivity index (χ0v) is 10.3. The van der Waals surface area contributed by atoms with Gasteiger partial charge >= 0.3 is 0 Å². The summed E-state index contributed by atoms with van der Waals surface area (Å²) in [6, 6.07) is 10.2. The summed E-state index contributed by atoms with van der Waals surface area (Å²) >= 11 is 0. The van der Waals surface area contributed by atoms with E-state index in [2.05, 4.69) is 24.0 Å². The highest BCUT2D eigenvalue weighted by Crippen LogP contribution is 2.31. The number of hydrogen-bond acceptors (Lipinski definition) is 3. The molecule has 0 aliphatic carbocycles. The number of aldehydes is 1. The molecule has 0 saturated carbocycles. The first-order valence-electron chi connectivity index (χ1n) is 6.09. The summed E-state index contributed by atoms with van der Waals surface area (Å²) in [5.74, 6) is 0. The van der Waals surface area contributed by atoms with Crippen molar-refractivity contribution in [1.82, 2.24) is 4.90 Å². The van der Waals surface area contributed by atoms with Gasteiger partial charge < -0.3 is 9.53 Å². The molecule has 1 unspecified atom stereocenters. The van der Waals surface area contributed by atoms with Crippen LogP contribution in [-0.4, -0.2) is 37.5 Å². The molecule has 1 heterocycles. The van der Waals surface area contributed by atoms with Gasteiger partial charge in [-0.25, -0.2) is 0 Å². The van der Waals surface area contributed by atoms with Gasteiger partial charge in [-0.15, -0.1) is 0 Å². The second-order valence-electron chi connectivity index (χ2n) is 4.61. The highest BCUT2D eigenvalue weighted by molar-refractivity contribution is 5.53. The maximum Gasteiger partial charge on any atom is 0.122 e. The minimum Gasteiger partial charge on any atom is -0.379 e. The average Bonchev–Trinajstić information content (AvgIpc) is 2.41. The van der Waals surface area contributed by atoms with E-state index in [1.165, 1.54) is 5.56 Å². The Balaban J connectivity index is 2.27. The molecule has 1 aromatic carbocycles. The van der Waals surface area contributed by atoms with Gasteiger partial charge in [0.15, 0.2) is 0 Å². The van der Waals surface area contributed by atoms with E-state index < -0.39 is 0 Å². The fraction of sp³-hybridized carbons (Fsp3) is 0.500. The third-order valence-electron chi connectivity index (χ3n) is 3.59. The van der Waals surface area contributed by atoms with Crippen LogP contribution in [0.4, 0.5) is 0 Å². The molecule has 1 fully saturated rings. The molecule has 0 aromatic heterocycles. The first-order valence-corrected chi connectivity index (χ1v) is 6.09. The van der Waals surface area contributed by atoms with Crippen molar-refractivity contribution in [3.63, 3.8) is 0 Å². The molecule has 1 aromatic rings. The van der Waals surface area contributed by atoms with Gasteiger partial charge in [-0.05, 0) is 12.5 Å². The summed E-state index contributed by atoms with van der Waals surface area (Å²) in [4.78, 5) is 13.3. The van der Waals surface area contributed by atoms with Crippen LogP contribution in [0.1, 0.15) is 18.9 Å². The Morgan fingerprint density at radius 1 is 1.29 bits per heavy atom. The number of rotatable bonds is 4. The van der Waals surface area contributed by atoms with Crippen LogP contribution in [0.2, 0.25) is 0 Å². The van der Waals surface area contributed by atoms with Gasteiger partial charge in [-0.1, -0.05) is 30.3 Å². The second kappa shape index (κ2) is 5.43. The quantitative estimate of drug-likeness (QED) is 0.743. The Hall–Kier alpha value is -1.19. The van der Waals surface area contributed by atoms with Crippen molar-refractivity contribution < 1.29 is 9.53 Å². The van der Waals surface area contributed by atoms with E-state index in [0.29, 0.717) is 6.42 Å². The maximum absolute atomic E-state index is 11.0. The van der Waals surface area contributed by atoms with Crippen molar-refractivity contribution >= 4 is 6.29 Å². The van der Waals surface area contributed by atoms with E-state index in [0.717, 1.165) is 32.6 Å².